The smallest absolute Gasteiger partial charge is 0.243 e. The van der Waals surface area contributed by atoms with Gasteiger partial charge in [-0.05, 0) is 48.8 Å². The topological polar surface area (TPSA) is 149 Å². The summed E-state index contributed by atoms with van der Waals surface area (Å²) in [5.41, 5.74) is 1.53. The van der Waals surface area contributed by atoms with Gasteiger partial charge in [0.15, 0.2) is 0 Å². The molecule has 2 unspecified atom stereocenters. The summed E-state index contributed by atoms with van der Waals surface area (Å²) in [4.78, 5) is 31.8. The Labute approximate surface area is 287 Å². The average molecular weight is 683 g/mol. The maximum absolute atomic E-state index is 13.8. The van der Waals surface area contributed by atoms with Crippen molar-refractivity contribution in [3.8, 4) is 12.3 Å². The number of hydrogen-bond acceptors (Lipinski definition) is 7. The van der Waals surface area contributed by atoms with E-state index < -0.39 is 57.8 Å². The molecule has 264 valence electrons. The summed E-state index contributed by atoms with van der Waals surface area (Å²) in [6.45, 7) is 4.09. The SMILES string of the molecule is C#CC[C@H](NC(=O)C(Cc1ccccc1)CS(=O)(=O)N(C)CCc1ccccn1)C(=O)NC(CC1CCCCC1)[C@@H](O)[C@@H](O)CC(C)C. The van der Waals surface area contributed by atoms with E-state index in [2.05, 4.69) is 21.5 Å². The van der Waals surface area contributed by atoms with Crippen LogP contribution in [-0.4, -0.2) is 83.4 Å². The van der Waals surface area contributed by atoms with E-state index in [1.807, 2.05) is 56.3 Å². The fourth-order valence-corrected chi connectivity index (χ4v) is 7.72. The van der Waals surface area contributed by atoms with Gasteiger partial charge in [0.25, 0.3) is 0 Å². The molecular formula is C37H54N4O6S. The average Bonchev–Trinajstić information content (AvgIpc) is 3.07. The van der Waals surface area contributed by atoms with Gasteiger partial charge in [0, 0.05) is 38.3 Å². The van der Waals surface area contributed by atoms with Crippen LogP contribution < -0.4 is 10.6 Å². The second kappa shape index (κ2) is 19.6. The number of pyridine rings is 1. The van der Waals surface area contributed by atoms with Gasteiger partial charge in [-0.15, -0.1) is 12.3 Å². The molecule has 5 atom stereocenters. The number of aromatic nitrogens is 1. The first-order chi connectivity index (χ1) is 22.9. The maximum atomic E-state index is 13.8. The second-order valence-electron chi connectivity index (χ2n) is 13.6. The van der Waals surface area contributed by atoms with Crippen molar-refractivity contribution in [2.24, 2.45) is 17.8 Å². The number of likely N-dealkylation sites (N-methyl/N-ethyl adjacent to an activating group) is 1. The molecule has 0 saturated heterocycles. The molecule has 1 aromatic carbocycles. The molecule has 2 aromatic rings. The minimum Gasteiger partial charge on any atom is -0.390 e. The quantitative estimate of drug-likeness (QED) is 0.166. The van der Waals surface area contributed by atoms with Crippen LogP contribution in [0.25, 0.3) is 0 Å². The standard InChI is InChI=1S/C37H54N4O6S/c1-5-14-32(37(45)40-33(25-29-17-10-7-11-18-29)35(43)34(42)23-27(2)3)39-36(44)30(24-28-15-8-6-9-16-28)26-48(46,47)41(4)22-20-31-19-12-13-21-38-31/h1,6,8-9,12-13,15-16,19,21,27,29-30,32-35,42-43H,7,10-11,14,17-18,20,22-26H2,2-4H3,(H,39,44)(H,40,45)/t30?,32-,33?,34-,35+/m0/s1. The van der Waals surface area contributed by atoms with E-state index in [0.29, 0.717) is 25.2 Å². The molecule has 1 saturated carbocycles. The number of nitrogens with one attached hydrogen (secondary N) is 2. The highest BCUT2D eigenvalue weighted by Crippen LogP contribution is 2.29. The van der Waals surface area contributed by atoms with Crippen LogP contribution >= 0.6 is 0 Å². The van der Waals surface area contributed by atoms with E-state index in [1.165, 1.54) is 11.4 Å². The molecule has 4 N–H and O–H groups in total. The van der Waals surface area contributed by atoms with Crippen molar-refractivity contribution in [1.82, 2.24) is 19.9 Å². The summed E-state index contributed by atoms with van der Waals surface area (Å²) in [6.07, 6.45) is 11.6. The van der Waals surface area contributed by atoms with Crippen molar-refractivity contribution in [1.29, 1.82) is 0 Å². The van der Waals surface area contributed by atoms with Gasteiger partial charge in [0.1, 0.15) is 12.1 Å². The Morgan fingerprint density at radius 2 is 1.71 bits per heavy atom. The molecule has 1 aliphatic carbocycles. The first kappa shape index (κ1) is 39.1. The van der Waals surface area contributed by atoms with Crippen LogP contribution in [0.3, 0.4) is 0 Å². The van der Waals surface area contributed by atoms with Gasteiger partial charge in [-0.3, -0.25) is 14.6 Å². The Bertz CT molecular complexity index is 1410. The predicted molar refractivity (Wildman–Crippen MR) is 188 cm³/mol. The first-order valence-corrected chi connectivity index (χ1v) is 18.8. The largest absolute Gasteiger partial charge is 0.390 e. The highest BCUT2D eigenvalue weighted by molar-refractivity contribution is 7.89. The summed E-state index contributed by atoms with van der Waals surface area (Å²) < 4.78 is 28.3. The van der Waals surface area contributed by atoms with Crippen LogP contribution in [0.4, 0.5) is 0 Å². The highest BCUT2D eigenvalue weighted by Gasteiger charge is 2.35. The fourth-order valence-electron chi connectivity index (χ4n) is 6.32. The van der Waals surface area contributed by atoms with Crippen LogP contribution in [0.1, 0.15) is 76.5 Å². The number of nitrogens with zero attached hydrogens (tertiary/aromatic N) is 2. The van der Waals surface area contributed by atoms with Crippen LogP contribution in [0.2, 0.25) is 0 Å². The van der Waals surface area contributed by atoms with Gasteiger partial charge in [0.05, 0.1) is 23.8 Å². The van der Waals surface area contributed by atoms with E-state index in [1.54, 1.807) is 12.3 Å². The third-order valence-electron chi connectivity index (χ3n) is 9.11. The lowest BCUT2D eigenvalue weighted by Gasteiger charge is -2.33. The number of hydrogen-bond donors (Lipinski definition) is 4. The van der Waals surface area contributed by atoms with Gasteiger partial charge in [-0.1, -0.05) is 82.3 Å². The first-order valence-electron chi connectivity index (χ1n) is 17.2. The summed E-state index contributed by atoms with van der Waals surface area (Å²) in [5, 5.41) is 27.6. The van der Waals surface area contributed by atoms with Crippen LogP contribution in [0, 0.1) is 30.1 Å². The summed E-state index contributed by atoms with van der Waals surface area (Å²) >= 11 is 0. The number of carbonyl (C=O) groups excluding carboxylic acids is 2. The Hall–Kier alpha value is -3.30. The molecule has 2 amide bonds. The van der Waals surface area contributed by atoms with E-state index >= 15 is 0 Å². The number of rotatable bonds is 19. The Balaban J connectivity index is 1.77. The third kappa shape index (κ3) is 13.0. The summed E-state index contributed by atoms with van der Waals surface area (Å²) in [5.74, 6) is 0.213. The molecule has 0 radical (unpaired) electrons. The number of aliphatic hydroxyl groups is 2. The molecule has 10 nitrogen and oxygen atoms in total. The van der Waals surface area contributed by atoms with E-state index in [9.17, 15) is 28.2 Å². The molecule has 1 aliphatic rings. The number of benzene rings is 1. The molecule has 0 bridgehead atoms. The zero-order valence-corrected chi connectivity index (χ0v) is 29.4. The molecule has 11 heteroatoms. The monoisotopic (exact) mass is 682 g/mol. The minimum atomic E-state index is -3.89. The molecule has 3 rings (SSSR count). The second-order valence-corrected chi connectivity index (χ2v) is 15.7. The van der Waals surface area contributed by atoms with Crippen LogP contribution in [0.5, 0.6) is 0 Å². The third-order valence-corrected chi connectivity index (χ3v) is 11.1. The lowest BCUT2D eigenvalue weighted by molar-refractivity contribution is -0.132. The Morgan fingerprint density at radius 1 is 1.02 bits per heavy atom. The Kier molecular flexibility index (Phi) is 16.0. The number of terminal acetylenes is 1. The van der Waals surface area contributed by atoms with Crippen molar-refractivity contribution in [3.63, 3.8) is 0 Å². The lowest BCUT2D eigenvalue weighted by Crippen LogP contribution is -2.56. The molecule has 1 fully saturated rings. The summed E-state index contributed by atoms with van der Waals surface area (Å²) in [7, 11) is -2.40. The zero-order valence-electron chi connectivity index (χ0n) is 28.6. The van der Waals surface area contributed by atoms with Gasteiger partial charge in [-0.25, -0.2) is 12.7 Å². The summed E-state index contributed by atoms with van der Waals surface area (Å²) in [6, 6.07) is 12.7. The zero-order chi connectivity index (χ0) is 35.1. The predicted octanol–water partition coefficient (Wildman–Crippen LogP) is 3.48. The molecular weight excluding hydrogens is 628 g/mol. The molecule has 48 heavy (non-hydrogen) atoms. The Morgan fingerprint density at radius 3 is 2.33 bits per heavy atom. The maximum Gasteiger partial charge on any atom is 0.243 e. The van der Waals surface area contributed by atoms with Crippen molar-refractivity contribution in [2.75, 3.05) is 19.3 Å². The van der Waals surface area contributed by atoms with Gasteiger partial charge < -0.3 is 20.8 Å². The van der Waals surface area contributed by atoms with Gasteiger partial charge in [-0.2, -0.15) is 0 Å². The van der Waals surface area contributed by atoms with Crippen molar-refractivity contribution >= 4 is 21.8 Å². The molecule has 0 spiro atoms. The number of amides is 2. The number of carbonyl (C=O) groups is 2. The fraction of sp³-hybridized carbons (Fsp3) is 0.595. The molecule has 1 aromatic heterocycles. The molecule has 0 aliphatic heterocycles. The van der Waals surface area contributed by atoms with Crippen molar-refractivity contribution in [3.05, 3.63) is 66.0 Å². The molecule has 1 heterocycles. The highest BCUT2D eigenvalue weighted by atomic mass is 32.2. The van der Waals surface area contributed by atoms with Gasteiger partial charge >= 0.3 is 0 Å². The van der Waals surface area contributed by atoms with Crippen LogP contribution in [0.15, 0.2) is 54.7 Å². The number of sulfonamides is 1. The van der Waals surface area contributed by atoms with E-state index in [-0.39, 0.29) is 25.3 Å². The lowest BCUT2D eigenvalue weighted by atomic mass is 9.82. The van der Waals surface area contributed by atoms with E-state index in [4.69, 9.17) is 6.42 Å². The normalized spacial score (nSPS) is 17.2. The van der Waals surface area contributed by atoms with Crippen molar-refractivity contribution in [2.45, 2.75) is 102 Å². The minimum absolute atomic E-state index is 0.132. The van der Waals surface area contributed by atoms with Crippen molar-refractivity contribution < 1.29 is 28.2 Å². The number of aliphatic hydroxyl groups excluding tert-OH is 2. The van der Waals surface area contributed by atoms with Gasteiger partial charge in [0.2, 0.25) is 21.8 Å². The van der Waals surface area contributed by atoms with E-state index in [0.717, 1.165) is 43.4 Å². The van der Waals surface area contributed by atoms with Crippen LogP contribution in [-0.2, 0) is 32.5 Å².